The summed E-state index contributed by atoms with van der Waals surface area (Å²) < 4.78 is 9.79. The van der Waals surface area contributed by atoms with Gasteiger partial charge in [0.1, 0.15) is 0 Å². The number of carbonyl (C=O) groups is 2. The lowest BCUT2D eigenvalue weighted by Gasteiger charge is -2.11. The van der Waals surface area contributed by atoms with E-state index >= 15 is 0 Å². The van der Waals surface area contributed by atoms with Crippen LogP contribution in [0.25, 0.3) is 0 Å². The molecule has 0 heterocycles. The fourth-order valence-electron chi connectivity index (χ4n) is 1.52. The second-order valence-corrected chi connectivity index (χ2v) is 4.94. The highest BCUT2D eigenvalue weighted by Gasteiger charge is 2.10. The van der Waals surface area contributed by atoms with Crippen LogP contribution in [0.4, 0.5) is 10.5 Å². The maximum atomic E-state index is 11.6. The highest BCUT2D eigenvalue weighted by atomic mass is 35.5. The van der Waals surface area contributed by atoms with E-state index in [2.05, 4.69) is 16.0 Å². The zero-order valence-electron chi connectivity index (χ0n) is 12.2. The number of halogens is 2. The van der Waals surface area contributed by atoms with Crippen molar-refractivity contribution in [2.45, 2.75) is 0 Å². The normalized spacial score (nSPS) is 10.0. The van der Waals surface area contributed by atoms with Gasteiger partial charge in [-0.25, -0.2) is 4.79 Å². The molecule has 0 aliphatic rings. The highest BCUT2D eigenvalue weighted by molar-refractivity contribution is 6.37. The molecule has 0 saturated carbocycles. The lowest BCUT2D eigenvalue weighted by Crippen LogP contribution is -2.42. The standard InChI is InChI=1S/C13H17Cl2N3O4/c1-21-4-3-16-13(20)18-11(19)7-17-8-5-9(14)12(22-2)10(15)6-8/h5-6,17H,3-4,7H2,1-2H3,(H2,16,18,19,20). The summed E-state index contributed by atoms with van der Waals surface area (Å²) in [5.74, 6) is -0.145. The van der Waals surface area contributed by atoms with Crippen LogP contribution in [0.3, 0.4) is 0 Å². The molecule has 22 heavy (non-hydrogen) atoms. The SMILES string of the molecule is COCCNC(=O)NC(=O)CNc1cc(Cl)c(OC)c(Cl)c1. The van der Waals surface area contributed by atoms with Crippen LogP contribution in [0.5, 0.6) is 5.75 Å². The number of methoxy groups -OCH3 is 2. The predicted octanol–water partition coefficient (Wildman–Crippen LogP) is 1.89. The van der Waals surface area contributed by atoms with Gasteiger partial charge in [-0.2, -0.15) is 0 Å². The van der Waals surface area contributed by atoms with Crippen molar-refractivity contribution in [3.8, 4) is 5.75 Å². The Morgan fingerprint density at radius 3 is 2.36 bits per heavy atom. The van der Waals surface area contributed by atoms with E-state index in [-0.39, 0.29) is 6.54 Å². The number of hydrogen-bond donors (Lipinski definition) is 3. The summed E-state index contributed by atoms with van der Waals surface area (Å²) in [5.41, 5.74) is 0.533. The molecule has 9 heteroatoms. The van der Waals surface area contributed by atoms with Gasteiger partial charge >= 0.3 is 6.03 Å². The van der Waals surface area contributed by atoms with Crippen molar-refractivity contribution in [2.75, 3.05) is 39.2 Å². The fourth-order valence-corrected chi connectivity index (χ4v) is 2.16. The summed E-state index contributed by atoms with van der Waals surface area (Å²) in [6.45, 7) is 0.562. The average Bonchev–Trinajstić information content (AvgIpc) is 2.45. The molecular weight excluding hydrogens is 333 g/mol. The second kappa shape index (κ2) is 9.34. The molecule has 0 aliphatic carbocycles. The molecular formula is C13H17Cl2N3O4. The van der Waals surface area contributed by atoms with E-state index in [4.69, 9.17) is 32.7 Å². The van der Waals surface area contributed by atoms with E-state index in [1.165, 1.54) is 14.2 Å². The number of nitrogens with one attached hydrogen (secondary N) is 3. The van der Waals surface area contributed by atoms with Gasteiger partial charge in [0, 0.05) is 19.3 Å². The van der Waals surface area contributed by atoms with Crippen molar-refractivity contribution in [1.82, 2.24) is 10.6 Å². The molecule has 122 valence electrons. The molecule has 0 unspecified atom stereocenters. The Morgan fingerprint density at radius 2 is 1.82 bits per heavy atom. The summed E-state index contributed by atoms with van der Waals surface area (Å²) in [6, 6.07) is 2.55. The van der Waals surface area contributed by atoms with Gasteiger partial charge < -0.3 is 20.1 Å². The van der Waals surface area contributed by atoms with Gasteiger partial charge in [0.15, 0.2) is 5.75 Å². The van der Waals surface area contributed by atoms with Crippen molar-refractivity contribution in [3.63, 3.8) is 0 Å². The van der Waals surface area contributed by atoms with Gasteiger partial charge in [-0.05, 0) is 12.1 Å². The number of carbonyl (C=O) groups excluding carboxylic acids is 2. The van der Waals surface area contributed by atoms with Crippen LogP contribution in [0.15, 0.2) is 12.1 Å². The summed E-state index contributed by atoms with van der Waals surface area (Å²) in [4.78, 5) is 22.9. The first-order valence-electron chi connectivity index (χ1n) is 6.31. The minimum atomic E-state index is -0.588. The Bertz CT molecular complexity index is 517. The number of amides is 3. The third-order valence-electron chi connectivity index (χ3n) is 2.50. The number of anilines is 1. The van der Waals surface area contributed by atoms with Crippen LogP contribution in [0, 0.1) is 0 Å². The number of hydrogen-bond acceptors (Lipinski definition) is 5. The maximum Gasteiger partial charge on any atom is 0.321 e. The molecule has 0 aromatic heterocycles. The molecule has 1 aromatic rings. The first-order chi connectivity index (χ1) is 10.5. The first-order valence-corrected chi connectivity index (χ1v) is 7.07. The van der Waals surface area contributed by atoms with Gasteiger partial charge in [-0.3, -0.25) is 10.1 Å². The Kier molecular flexibility index (Phi) is 7.79. The van der Waals surface area contributed by atoms with Gasteiger partial charge in [0.05, 0.1) is 30.3 Å². The lowest BCUT2D eigenvalue weighted by molar-refractivity contribution is -0.118. The van der Waals surface area contributed by atoms with E-state index in [9.17, 15) is 9.59 Å². The third kappa shape index (κ3) is 5.97. The number of ether oxygens (including phenoxy) is 2. The van der Waals surface area contributed by atoms with E-state index < -0.39 is 11.9 Å². The molecule has 0 spiro atoms. The van der Waals surface area contributed by atoms with E-state index in [1.807, 2.05) is 0 Å². The van der Waals surface area contributed by atoms with Crippen molar-refractivity contribution in [2.24, 2.45) is 0 Å². The molecule has 0 saturated heterocycles. The Hall–Kier alpha value is -1.70. The van der Waals surface area contributed by atoms with E-state index in [0.717, 1.165) is 0 Å². The summed E-state index contributed by atoms with van der Waals surface area (Å²) >= 11 is 12.0. The summed E-state index contributed by atoms with van der Waals surface area (Å²) in [7, 11) is 2.97. The third-order valence-corrected chi connectivity index (χ3v) is 3.06. The van der Waals surface area contributed by atoms with Crippen LogP contribution in [-0.4, -0.2) is 45.9 Å². The topological polar surface area (TPSA) is 88.7 Å². The highest BCUT2D eigenvalue weighted by Crippen LogP contribution is 2.35. The van der Waals surface area contributed by atoms with E-state index in [1.54, 1.807) is 12.1 Å². The van der Waals surface area contributed by atoms with Crippen LogP contribution >= 0.6 is 23.2 Å². The fraction of sp³-hybridized carbons (Fsp3) is 0.385. The number of urea groups is 1. The van der Waals surface area contributed by atoms with Crippen molar-refractivity contribution in [1.29, 1.82) is 0 Å². The monoisotopic (exact) mass is 349 g/mol. The smallest absolute Gasteiger partial charge is 0.321 e. The molecule has 0 aliphatic heterocycles. The quantitative estimate of drug-likeness (QED) is 0.654. The summed E-state index contributed by atoms with van der Waals surface area (Å²) in [5, 5.41) is 8.07. The van der Waals surface area contributed by atoms with Crippen molar-refractivity contribution in [3.05, 3.63) is 22.2 Å². The van der Waals surface area contributed by atoms with Crippen LogP contribution in [0.2, 0.25) is 10.0 Å². The Balaban J connectivity index is 2.46. The zero-order valence-corrected chi connectivity index (χ0v) is 13.7. The number of benzene rings is 1. The molecule has 1 rings (SSSR count). The second-order valence-electron chi connectivity index (χ2n) is 4.12. The Labute approximate surface area is 138 Å². The van der Waals surface area contributed by atoms with Gasteiger partial charge in [-0.1, -0.05) is 23.2 Å². The molecule has 3 N–H and O–H groups in total. The minimum Gasteiger partial charge on any atom is -0.494 e. The number of rotatable bonds is 7. The lowest BCUT2D eigenvalue weighted by atomic mass is 10.3. The summed E-state index contributed by atoms with van der Waals surface area (Å²) in [6.07, 6.45) is 0. The molecule has 7 nitrogen and oxygen atoms in total. The predicted molar refractivity (Wildman–Crippen MR) is 84.9 cm³/mol. The van der Waals surface area contributed by atoms with Crippen LogP contribution in [-0.2, 0) is 9.53 Å². The Morgan fingerprint density at radius 1 is 1.18 bits per heavy atom. The van der Waals surface area contributed by atoms with Crippen molar-refractivity contribution >= 4 is 40.8 Å². The van der Waals surface area contributed by atoms with Crippen molar-refractivity contribution < 1.29 is 19.1 Å². The van der Waals surface area contributed by atoms with Gasteiger partial charge in [-0.15, -0.1) is 0 Å². The molecule has 0 radical (unpaired) electrons. The molecule has 0 fully saturated rings. The average molecular weight is 350 g/mol. The maximum absolute atomic E-state index is 11.6. The molecule has 3 amide bonds. The van der Waals surface area contributed by atoms with E-state index in [0.29, 0.717) is 34.6 Å². The minimum absolute atomic E-state index is 0.114. The van der Waals surface area contributed by atoms with Gasteiger partial charge in [0.25, 0.3) is 0 Å². The van der Waals surface area contributed by atoms with Gasteiger partial charge in [0.2, 0.25) is 5.91 Å². The van der Waals surface area contributed by atoms with Crippen LogP contribution < -0.4 is 20.7 Å². The molecule has 1 aromatic carbocycles. The molecule has 0 atom stereocenters. The first kappa shape index (κ1) is 18.3. The van der Waals surface area contributed by atoms with Crippen LogP contribution in [0.1, 0.15) is 0 Å². The molecule has 0 bridgehead atoms. The number of imide groups is 1. The zero-order chi connectivity index (χ0) is 16.5. The largest absolute Gasteiger partial charge is 0.494 e.